The lowest BCUT2D eigenvalue weighted by atomic mass is 10.1. The Morgan fingerprint density at radius 2 is 1.74 bits per heavy atom. The smallest absolute Gasteiger partial charge is 0.407 e. The zero-order valence-electron chi connectivity index (χ0n) is 23.3. The number of carbonyl (C=O) groups is 3. The first-order valence-corrected chi connectivity index (χ1v) is 12.8. The normalized spacial score (nSPS) is 11.8. The average Bonchev–Trinajstić information content (AvgIpc) is 2.89. The topological polar surface area (TPSA) is 134 Å². The van der Waals surface area contributed by atoms with Gasteiger partial charge in [0.2, 0.25) is 0 Å². The van der Waals surface area contributed by atoms with Gasteiger partial charge in [0, 0.05) is 26.4 Å². The lowest BCUT2D eigenvalue weighted by molar-refractivity contribution is -0.143. The molecule has 0 fully saturated rings. The second-order valence-corrected chi connectivity index (χ2v) is 9.80. The van der Waals surface area contributed by atoms with Crippen molar-refractivity contribution in [3.8, 4) is 5.75 Å². The number of carbonyl (C=O) groups excluding carboxylic acids is 3. The molecule has 0 aliphatic carbocycles. The van der Waals surface area contributed by atoms with E-state index in [4.69, 9.17) is 18.9 Å². The zero-order chi connectivity index (χ0) is 28.8. The molecule has 0 saturated heterocycles. The van der Waals surface area contributed by atoms with E-state index in [9.17, 15) is 19.2 Å². The molecule has 1 heterocycles. The minimum absolute atomic E-state index is 0.00472. The van der Waals surface area contributed by atoms with Gasteiger partial charge in [-0.25, -0.2) is 9.59 Å². The maximum atomic E-state index is 13.3. The van der Waals surface area contributed by atoms with Crippen molar-refractivity contribution in [3.63, 3.8) is 0 Å². The predicted octanol–water partition coefficient (Wildman–Crippen LogP) is 3.04. The first kappa shape index (κ1) is 31.4. The summed E-state index contributed by atoms with van der Waals surface area (Å²) in [6, 6.07) is 9.77. The summed E-state index contributed by atoms with van der Waals surface area (Å²) < 4.78 is 22.4. The summed E-state index contributed by atoms with van der Waals surface area (Å²) in [6.45, 7) is 6.32. The van der Waals surface area contributed by atoms with Crippen molar-refractivity contribution in [2.45, 2.75) is 64.8 Å². The number of methoxy groups -OCH3 is 2. The van der Waals surface area contributed by atoms with Gasteiger partial charge in [-0.05, 0) is 51.7 Å². The lowest BCUT2D eigenvalue weighted by Gasteiger charge is -2.20. The van der Waals surface area contributed by atoms with Gasteiger partial charge in [-0.1, -0.05) is 30.3 Å². The number of unbranched alkanes of at least 4 members (excludes halogenated alkanes) is 1. The number of hydrogen-bond donors (Lipinski definition) is 2. The number of aromatic nitrogens is 1. The van der Waals surface area contributed by atoms with E-state index < -0.39 is 35.2 Å². The van der Waals surface area contributed by atoms with E-state index in [1.165, 1.54) is 31.0 Å². The fourth-order valence-electron chi connectivity index (χ4n) is 3.57. The van der Waals surface area contributed by atoms with Crippen LogP contribution in [0.5, 0.6) is 5.75 Å². The van der Waals surface area contributed by atoms with Crippen LogP contribution in [0.3, 0.4) is 0 Å². The molecule has 0 radical (unpaired) electrons. The number of pyridine rings is 1. The van der Waals surface area contributed by atoms with E-state index >= 15 is 0 Å². The Hall–Kier alpha value is -3.86. The van der Waals surface area contributed by atoms with E-state index in [2.05, 4.69) is 10.6 Å². The lowest BCUT2D eigenvalue weighted by Crippen LogP contribution is -2.42. The van der Waals surface area contributed by atoms with Gasteiger partial charge in [-0.2, -0.15) is 0 Å². The zero-order valence-corrected chi connectivity index (χ0v) is 23.3. The van der Waals surface area contributed by atoms with E-state index in [0.717, 1.165) is 5.56 Å². The largest absolute Gasteiger partial charge is 0.482 e. The van der Waals surface area contributed by atoms with Gasteiger partial charge in [0.1, 0.15) is 18.2 Å². The molecule has 2 N–H and O–H groups in total. The summed E-state index contributed by atoms with van der Waals surface area (Å²) in [7, 11) is 2.76. The second-order valence-electron chi connectivity index (χ2n) is 9.80. The SMILES string of the molecule is COCCn1ccc(C(=O)NC(CCCCNC(=O)OC(C)(C)C)C(=O)OC)c(OCc2ccccc2)c1=O. The van der Waals surface area contributed by atoms with Crippen molar-refractivity contribution in [2.24, 2.45) is 0 Å². The highest BCUT2D eigenvalue weighted by molar-refractivity contribution is 5.98. The number of ether oxygens (including phenoxy) is 4. The second kappa shape index (κ2) is 15.5. The van der Waals surface area contributed by atoms with E-state index in [1.807, 2.05) is 30.3 Å². The van der Waals surface area contributed by atoms with Crippen LogP contribution in [0.4, 0.5) is 4.79 Å². The Bertz CT molecular complexity index is 1140. The maximum absolute atomic E-state index is 13.3. The Balaban J connectivity index is 2.11. The number of esters is 1. The van der Waals surface area contributed by atoms with Gasteiger partial charge in [-0.3, -0.25) is 9.59 Å². The number of nitrogens with one attached hydrogen (secondary N) is 2. The van der Waals surface area contributed by atoms with Crippen LogP contribution < -0.4 is 20.9 Å². The molecule has 11 nitrogen and oxygen atoms in total. The van der Waals surface area contributed by atoms with Crippen molar-refractivity contribution >= 4 is 18.0 Å². The molecule has 1 atom stereocenters. The van der Waals surface area contributed by atoms with Crippen LogP contribution in [-0.4, -0.2) is 61.6 Å². The molecule has 0 saturated carbocycles. The molecule has 1 aromatic carbocycles. The minimum Gasteiger partial charge on any atom is -0.482 e. The molecule has 39 heavy (non-hydrogen) atoms. The highest BCUT2D eigenvalue weighted by Crippen LogP contribution is 2.16. The molecule has 2 rings (SSSR count). The third-order valence-corrected chi connectivity index (χ3v) is 5.51. The van der Waals surface area contributed by atoms with E-state index in [1.54, 1.807) is 20.8 Å². The summed E-state index contributed by atoms with van der Waals surface area (Å²) in [5, 5.41) is 5.32. The van der Waals surface area contributed by atoms with Crippen LogP contribution in [0.25, 0.3) is 0 Å². The molecular weight excluding hydrogens is 506 g/mol. The molecular formula is C28H39N3O8. The van der Waals surface area contributed by atoms with Gasteiger partial charge >= 0.3 is 12.1 Å². The van der Waals surface area contributed by atoms with Crippen molar-refractivity contribution in [3.05, 3.63) is 64.1 Å². The molecule has 0 aliphatic rings. The van der Waals surface area contributed by atoms with Gasteiger partial charge in [0.25, 0.3) is 11.5 Å². The first-order valence-electron chi connectivity index (χ1n) is 12.8. The van der Waals surface area contributed by atoms with Crippen molar-refractivity contribution in [2.75, 3.05) is 27.4 Å². The van der Waals surface area contributed by atoms with Gasteiger partial charge in [0.05, 0.1) is 19.3 Å². The number of alkyl carbamates (subject to hydrolysis) is 1. The Kier molecular flexibility index (Phi) is 12.5. The maximum Gasteiger partial charge on any atom is 0.407 e. The van der Waals surface area contributed by atoms with Crippen molar-refractivity contribution in [1.29, 1.82) is 0 Å². The van der Waals surface area contributed by atoms with E-state index in [-0.39, 0.29) is 30.9 Å². The Morgan fingerprint density at radius 3 is 2.38 bits per heavy atom. The molecule has 0 spiro atoms. The van der Waals surface area contributed by atoms with E-state index in [0.29, 0.717) is 26.0 Å². The summed E-state index contributed by atoms with van der Waals surface area (Å²) in [5.74, 6) is -1.39. The van der Waals surface area contributed by atoms with Crippen LogP contribution >= 0.6 is 0 Å². The van der Waals surface area contributed by atoms with Crippen molar-refractivity contribution in [1.82, 2.24) is 15.2 Å². The average molecular weight is 546 g/mol. The first-order chi connectivity index (χ1) is 18.6. The monoisotopic (exact) mass is 545 g/mol. The molecule has 0 bridgehead atoms. The summed E-state index contributed by atoms with van der Waals surface area (Å²) in [6.07, 6.45) is 2.28. The van der Waals surface area contributed by atoms with Crippen LogP contribution in [0.2, 0.25) is 0 Å². The van der Waals surface area contributed by atoms with Gasteiger partial charge < -0.3 is 34.1 Å². The van der Waals surface area contributed by atoms with Crippen molar-refractivity contribution < 1.29 is 33.3 Å². The molecule has 0 aliphatic heterocycles. The standard InChI is InChI=1S/C28H39N3O8/c1-28(2,3)39-27(35)29-15-10-9-13-22(26(34)37-5)30-24(32)21-14-16-31(17-18-36-4)25(33)23(21)38-19-20-11-7-6-8-12-20/h6-8,11-12,14,16,22H,9-10,13,15,17-19H2,1-5H3,(H,29,35)(H,30,32). The summed E-state index contributed by atoms with van der Waals surface area (Å²) >= 11 is 0. The number of nitrogens with zero attached hydrogens (tertiary/aromatic N) is 1. The molecule has 1 aromatic heterocycles. The predicted molar refractivity (Wildman–Crippen MR) is 145 cm³/mol. The fourth-order valence-corrected chi connectivity index (χ4v) is 3.57. The summed E-state index contributed by atoms with van der Waals surface area (Å²) in [4.78, 5) is 50.6. The fraction of sp³-hybridized carbons (Fsp3) is 0.500. The Labute approximate surface area is 228 Å². The van der Waals surface area contributed by atoms with Gasteiger partial charge in [-0.15, -0.1) is 0 Å². The molecule has 2 aromatic rings. The molecule has 2 amide bonds. The van der Waals surface area contributed by atoms with Crippen LogP contribution in [0.1, 0.15) is 56.0 Å². The highest BCUT2D eigenvalue weighted by Gasteiger charge is 2.25. The quantitative estimate of drug-likeness (QED) is 0.273. The number of amides is 2. The number of hydrogen-bond acceptors (Lipinski definition) is 8. The molecule has 214 valence electrons. The van der Waals surface area contributed by atoms with Gasteiger partial charge in [0.15, 0.2) is 5.75 Å². The third-order valence-electron chi connectivity index (χ3n) is 5.51. The summed E-state index contributed by atoms with van der Waals surface area (Å²) in [5.41, 5.74) is -0.259. The van der Waals surface area contributed by atoms with Crippen LogP contribution in [0.15, 0.2) is 47.4 Å². The number of benzene rings is 1. The highest BCUT2D eigenvalue weighted by atomic mass is 16.6. The number of rotatable bonds is 14. The third kappa shape index (κ3) is 10.8. The Morgan fingerprint density at radius 1 is 1.03 bits per heavy atom. The molecule has 1 unspecified atom stereocenters. The van der Waals surface area contributed by atoms with Crippen LogP contribution in [-0.2, 0) is 32.2 Å². The van der Waals surface area contributed by atoms with Crippen LogP contribution in [0, 0.1) is 0 Å². The minimum atomic E-state index is -0.957. The molecule has 11 heteroatoms.